The van der Waals surface area contributed by atoms with Gasteiger partial charge in [0, 0.05) is 6.04 Å². The molecule has 0 aliphatic carbocycles. The smallest absolute Gasteiger partial charge is 0.118 e. The molecule has 1 rings (SSSR count). The van der Waals surface area contributed by atoms with Crippen molar-refractivity contribution < 1.29 is 8.95 Å². The fourth-order valence-electron chi connectivity index (χ4n) is 1.53. The highest BCUT2D eigenvalue weighted by molar-refractivity contribution is 7.84. The molecule has 0 amide bonds. The zero-order chi connectivity index (χ0) is 13.8. The van der Waals surface area contributed by atoms with Crippen LogP contribution < -0.4 is 9.46 Å². The van der Waals surface area contributed by atoms with Crippen LogP contribution in [0.1, 0.15) is 45.7 Å². The van der Waals surface area contributed by atoms with Gasteiger partial charge in [0.15, 0.2) is 0 Å². The van der Waals surface area contributed by atoms with Crippen molar-refractivity contribution in [2.45, 2.75) is 44.9 Å². The molecule has 4 heteroatoms. The molecule has 3 nitrogen and oxygen atoms in total. The first-order valence-electron chi connectivity index (χ1n) is 6.20. The lowest BCUT2D eigenvalue weighted by Gasteiger charge is -2.23. The summed E-state index contributed by atoms with van der Waals surface area (Å²) in [7, 11) is 0.596. The molecule has 0 spiro atoms. The number of nitrogens with one attached hydrogen (secondary N) is 1. The van der Waals surface area contributed by atoms with Crippen LogP contribution >= 0.6 is 0 Å². The fourth-order valence-corrected chi connectivity index (χ4v) is 2.44. The largest absolute Gasteiger partial charge is 0.497 e. The van der Waals surface area contributed by atoms with Gasteiger partial charge in [-0.15, -0.1) is 0 Å². The minimum absolute atomic E-state index is 0.107. The number of ether oxygens (including phenoxy) is 1. The van der Waals surface area contributed by atoms with E-state index in [0.717, 1.165) is 17.7 Å². The second kappa shape index (κ2) is 6.34. The maximum Gasteiger partial charge on any atom is 0.118 e. The molecule has 0 saturated heterocycles. The number of rotatable bonds is 5. The first-order chi connectivity index (χ1) is 8.38. The van der Waals surface area contributed by atoms with Crippen molar-refractivity contribution in [3.63, 3.8) is 0 Å². The summed E-state index contributed by atoms with van der Waals surface area (Å²) in [6, 6.07) is 8.00. The van der Waals surface area contributed by atoms with Crippen molar-refractivity contribution in [3.05, 3.63) is 29.8 Å². The molecule has 0 heterocycles. The van der Waals surface area contributed by atoms with Crippen LogP contribution in [0.3, 0.4) is 0 Å². The van der Waals surface area contributed by atoms with Gasteiger partial charge in [-0.3, -0.25) is 0 Å². The molecule has 0 aliphatic rings. The van der Waals surface area contributed by atoms with E-state index < -0.39 is 11.0 Å². The van der Waals surface area contributed by atoms with E-state index in [1.807, 2.05) is 45.0 Å². The van der Waals surface area contributed by atoms with Crippen molar-refractivity contribution >= 4 is 11.0 Å². The van der Waals surface area contributed by atoms with Gasteiger partial charge in [-0.2, -0.15) is 0 Å². The lowest BCUT2D eigenvalue weighted by atomic mass is 10.1. The van der Waals surface area contributed by atoms with E-state index >= 15 is 0 Å². The summed E-state index contributed by atoms with van der Waals surface area (Å²) in [5.74, 6) is 0.838. The fraction of sp³-hybridized carbons (Fsp3) is 0.571. The highest BCUT2D eigenvalue weighted by atomic mass is 32.2. The van der Waals surface area contributed by atoms with Crippen LogP contribution in [0.2, 0.25) is 0 Å². The Kier molecular flexibility index (Phi) is 5.35. The average Bonchev–Trinajstić information content (AvgIpc) is 2.34. The molecule has 1 aromatic rings. The lowest BCUT2D eigenvalue weighted by molar-refractivity contribution is 0.414. The number of hydrogen-bond acceptors (Lipinski definition) is 2. The van der Waals surface area contributed by atoms with Gasteiger partial charge in [-0.25, -0.2) is 8.93 Å². The first kappa shape index (κ1) is 15.2. The van der Waals surface area contributed by atoms with E-state index in [-0.39, 0.29) is 10.8 Å². The van der Waals surface area contributed by atoms with Crippen LogP contribution in [-0.4, -0.2) is 16.1 Å². The van der Waals surface area contributed by atoms with Gasteiger partial charge in [0.2, 0.25) is 0 Å². The zero-order valence-electron chi connectivity index (χ0n) is 11.8. The molecule has 18 heavy (non-hydrogen) atoms. The van der Waals surface area contributed by atoms with Crippen molar-refractivity contribution in [1.82, 2.24) is 4.72 Å². The summed E-state index contributed by atoms with van der Waals surface area (Å²) in [5, 5.41) is 0. The van der Waals surface area contributed by atoms with E-state index in [1.165, 1.54) is 0 Å². The molecule has 0 aromatic heterocycles. The minimum atomic E-state index is -1.06. The summed E-state index contributed by atoms with van der Waals surface area (Å²) in [4.78, 5) is 0. The van der Waals surface area contributed by atoms with Gasteiger partial charge in [-0.1, -0.05) is 19.1 Å². The Labute approximate surface area is 113 Å². The van der Waals surface area contributed by atoms with E-state index in [4.69, 9.17) is 4.74 Å². The molecular formula is C14H23NO2S. The molecule has 0 fully saturated rings. The summed E-state index contributed by atoms with van der Waals surface area (Å²) < 4.78 is 20.2. The summed E-state index contributed by atoms with van der Waals surface area (Å²) in [6.45, 7) is 7.99. The summed E-state index contributed by atoms with van der Waals surface area (Å²) >= 11 is 0. The van der Waals surface area contributed by atoms with Gasteiger partial charge in [0.1, 0.15) is 5.75 Å². The Hall–Kier alpha value is -0.870. The first-order valence-corrected chi connectivity index (χ1v) is 7.35. The average molecular weight is 269 g/mol. The summed E-state index contributed by atoms with van der Waals surface area (Å²) in [6.07, 6.45) is 0.897. The number of benzene rings is 1. The van der Waals surface area contributed by atoms with Gasteiger partial charge in [0.05, 0.1) is 22.8 Å². The van der Waals surface area contributed by atoms with Gasteiger partial charge < -0.3 is 4.74 Å². The Morgan fingerprint density at radius 1 is 1.28 bits per heavy atom. The molecule has 102 valence electrons. The van der Waals surface area contributed by atoms with Crippen LogP contribution in [-0.2, 0) is 11.0 Å². The third-order valence-corrected chi connectivity index (χ3v) is 4.34. The van der Waals surface area contributed by atoms with Crippen LogP contribution in [0.4, 0.5) is 0 Å². The van der Waals surface area contributed by atoms with Crippen LogP contribution in [0.15, 0.2) is 24.3 Å². The monoisotopic (exact) mass is 269 g/mol. The minimum Gasteiger partial charge on any atom is -0.497 e. The molecule has 0 bridgehead atoms. The van der Waals surface area contributed by atoms with Gasteiger partial charge in [0.25, 0.3) is 0 Å². The molecule has 1 N–H and O–H groups in total. The lowest BCUT2D eigenvalue weighted by Crippen LogP contribution is -2.35. The van der Waals surface area contributed by atoms with Crippen LogP contribution in [0, 0.1) is 0 Å². The molecule has 0 radical (unpaired) electrons. The standard InChI is InChI=1S/C14H23NO2S/c1-6-13(15-18(16)14(2,3)4)11-7-9-12(17-5)10-8-11/h7-10,13,15H,6H2,1-5H3/t13-,18?/m1/s1. The molecule has 2 atom stereocenters. The molecular weight excluding hydrogens is 246 g/mol. The second-order valence-corrected chi connectivity index (χ2v) is 7.23. The van der Waals surface area contributed by atoms with Crippen LogP contribution in [0.25, 0.3) is 0 Å². The molecule has 1 aromatic carbocycles. The van der Waals surface area contributed by atoms with Crippen molar-refractivity contribution in [1.29, 1.82) is 0 Å². The zero-order valence-corrected chi connectivity index (χ0v) is 12.6. The number of methoxy groups -OCH3 is 1. The SMILES string of the molecule is CC[C@@H](NS(=O)C(C)(C)C)c1ccc(OC)cc1. The quantitative estimate of drug-likeness (QED) is 0.891. The van der Waals surface area contributed by atoms with E-state index in [1.54, 1.807) is 7.11 Å². The normalized spacial score (nSPS) is 15.2. The van der Waals surface area contributed by atoms with E-state index in [0.29, 0.717) is 0 Å². The van der Waals surface area contributed by atoms with Crippen molar-refractivity contribution in [3.8, 4) is 5.75 Å². The molecule has 1 unspecified atom stereocenters. The Bertz CT molecular complexity index is 395. The Morgan fingerprint density at radius 3 is 2.22 bits per heavy atom. The predicted molar refractivity (Wildman–Crippen MR) is 77.1 cm³/mol. The van der Waals surface area contributed by atoms with E-state index in [2.05, 4.69) is 11.6 Å². The van der Waals surface area contributed by atoms with Gasteiger partial charge in [-0.05, 0) is 44.9 Å². The third-order valence-electron chi connectivity index (χ3n) is 2.73. The van der Waals surface area contributed by atoms with E-state index in [9.17, 15) is 4.21 Å². The third kappa shape index (κ3) is 4.10. The van der Waals surface area contributed by atoms with Crippen LogP contribution in [0.5, 0.6) is 5.75 Å². The number of hydrogen-bond donors (Lipinski definition) is 1. The second-order valence-electron chi connectivity index (χ2n) is 5.23. The van der Waals surface area contributed by atoms with Gasteiger partial charge >= 0.3 is 0 Å². The topological polar surface area (TPSA) is 38.3 Å². The highest BCUT2D eigenvalue weighted by Crippen LogP contribution is 2.22. The molecule has 0 saturated carbocycles. The highest BCUT2D eigenvalue weighted by Gasteiger charge is 2.22. The Balaban J connectivity index is 2.80. The predicted octanol–water partition coefficient (Wildman–Crippen LogP) is 3.20. The Morgan fingerprint density at radius 2 is 1.83 bits per heavy atom. The maximum atomic E-state index is 12.1. The van der Waals surface area contributed by atoms with Crippen molar-refractivity contribution in [2.24, 2.45) is 0 Å². The van der Waals surface area contributed by atoms with Crippen molar-refractivity contribution in [2.75, 3.05) is 7.11 Å². The maximum absolute atomic E-state index is 12.1. The molecule has 0 aliphatic heterocycles. The summed E-state index contributed by atoms with van der Waals surface area (Å²) in [5.41, 5.74) is 1.14.